The topological polar surface area (TPSA) is 87.5 Å². The van der Waals surface area contributed by atoms with Gasteiger partial charge in [0.25, 0.3) is 11.5 Å². The summed E-state index contributed by atoms with van der Waals surface area (Å²) in [6.45, 7) is 8.62. The molecule has 1 saturated heterocycles. The van der Waals surface area contributed by atoms with Crippen LogP contribution in [-0.2, 0) is 24.9 Å². The number of nitrogens with one attached hydrogen (secondary N) is 1. The van der Waals surface area contributed by atoms with Crippen LogP contribution in [0.4, 0.5) is 4.79 Å². The number of carbonyl (C=O) groups excluding carboxylic acids is 2. The lowest BCUT2D eigenvalue weighted by molar-refractivity contribution is 0.0732. The molecule has 2 aromatic rings. The normalized spacial score (nSPS) is 21.5. The first-order valence-corrected chi connectivity index (χ1v) is 11.8. The number of fused-ring (bicyclic) bond motifs is 3. The SMILES string of the molecule is Cc1ccc(C(=O)N2CCc3nc4n(c(=O)c3C2)CCC42CCN(C(=O)NC(C)C)C2)cc1. The van der Waals surface area contributed by atoms with Crippen LogP contribution in [0.2, 0.25) is 0 Å². The summed E-state index contributed by atoms with van der Waals surface area (Å²) in [5.41, 5.74) is 2.91. The Morgan fingerprint density at radius 3 is 2.52 bits per heavy atom. The van der Waals surface area contributed by atoms with Crippen molar-refractivity contribution in [3.63, 3.8) is 0 Å². The van der Waals surface area contributed by atoms with E-state index in [1.165, 1.54) is 0 Å². The number of aryl methyl sites for hydroxylation is 1. The Hall–Kier alpha value is -3.16. The molecular weight excluding hydrogens is 418 g/mol. The molecule has 5 rings (SSSR count). The first-order chi connectivity index (χ1) is 15.8. The van der Waals surface area contributed by atoms with Gasteiger partial charge in [0.15, 0.2) is 0 Å². The zero-order chi connectivity index (χ0) is 23.3. The molecule has 0 saturated carbocycles. The van der Waals surface area contributed by atoms with Crippen LogP contribution in [0, 0.1) is 6.92 Å². The highest BCUT2D eigenvalue weighted by Gasteiger charge is 2.48. The molecule has 3 aliphatic rings. The van der Waals surface area contributed by atoms with Gasteiger partial charge in [0.05, 0.1) is 17.8 Å². The lowest BCUT2D eigenvalue weighted by atomic mass is 9.85. The van der Waals surface area contributed by atoms with Gasteiger partial charge in [0.2, 0.25) is 0 Å². The first-order valence-electron chi connectivity index (χ1n) is 11.8. The number of benzene rings is 1. The number of hydrogen-bond acceptors (Lipinski definition) is 4. The molecule has 0 radical (unpaired) electrons. The highest BCUT2D eigenvalue weighted by molar-refractivity contribution is 5.94. The van der Waals surface area contributed by atoms with Gasteiger partial charge < -0.3 is 15.1 Å². The number of carbonyl (C=O) groups is 2. The second kappa shape index (κ2) is 8.01. The number of hydrogen-bond donors (Lipinski definition) is 1. The molecule has 33 heavy (non-hydrogen) atoms. The van der Waals surface area contributed by atoms with Crippen LogP contribution < -0.4 is 10.9 Å². The van der Waals surface area contributed by atoms with E-state index < -0.39 is 0 Å². The number of urea groups is 1. The third-order valence-corrected chi connectivity index (χ3v) is 7.24. The summed E-state index contributed by atoms with van der Waals surface area (Å²) in [6.07, 6.45) is 2.21. The zero-order valence-electron chi connectivity index (χ0n) is 19.6. The molecule has 1 atom stereocenters. The van der Waals surface area contributed by atoms with Crippen molar-refractivity contribution in [1.29, 1.82) is 0 Å². The van der Waals surface area contributed by atoms with E-state index in [-0.39, 0.29) is 29.0 Å². The van der Waals surface area contributed by atoms with Crippen molar-refractivity contribution in [3.8, 4) is 0 Å². The van der Waals surface area contributed by atoms with Gasteiger partial charge in [-0.1, -0.05) is 17.7 Å². The lowest BCUT2D eigenvalue weighted by Gasteiger charge is -2.30. The monoisotopic (exact) mass is 449 g/mol. The summed E-state index contributed by atoms with van der Waals surface area (Å²) in [5.74, 6) is 0.772. The van der Waals surface area contributed by atoms with Gasteiger partial charge in [-0.05, 0) is 45.7 Å². The molecule has 1 unspecified atom stereocenters. The van der Waals surface area contributed by atoms with Crippen LogP contribution in [0.3, 0.4) is 0 Å². The summed E-state index contributed by atoms with van der Waals surface area (Å²) in [4.78, 5) is 47.6. The minimum absolute atomic E-state index is 0.0293. The molecule has 8 nitrogen and oxygen atoms in total. The van der Waals surface area contributed by atoms with E-state index in [1.807, 2.05) is 49.9 Å². The van der Waals surface area contributed by atoms with E-state index in [2.05, 4.69) is 5.32 Å². The molecule has 4 heterocycles. The summed E-state index contributed by atoms with van der Waals surface area (Å²) in [6, 6.07) is 7.58. The van der Waals surface area contributed by atoms with Crippen molar-refractivity contribution < 1.29 is 9.59 Å². The molecule has 0 bridgehead atoms. The van der Waals surface area contributed by atoms with Crippen LogP contribution in [0.15, 0.2) is 29.1 Å². The smallest absolute Gasteiger partial charge is 0.317 e. The van der Waals surface area contributed by atoms with Gasteiger partial charge in [0.1, 0.15) is 5.82 Å². The van der Waals surface area contributed by atoms with Gasteiger partial charge in [-0.15, -0.1) is 0 Å². The summed E-state index contributed by atoms with van der Waals surface area (Å²) in [5, 5.41) is 2.97. The Kier molecular flexibility index (Phi) is 5.26. The first kappa shape index (κ1) is 21.7. The van der Waals surface area contributed by atoms with Gasteiger partial charge in [0, 0.05) is 49.6 Å². The van der Waals surface area contributed by atoms with Crippen LogP contribution in [-0.4, -0.2) is 57.0 Å². The van der Waals surface area contributed by atoms with Gasteiger partial charge >= 0.3 is 6.03 Å². The minimum Gasteiger partial charge on any atom is -0.336 e. The quantitative estimate of drug-likeness (QED) is 0.762. The van der Waals surface area contributed by atoms with Crippen LogP contribution in [0.25, 0.3) is 0 Å². The molecule has 3 aliphatic heterocycles. The Labute approximate surface area is 193 Å². The minimum atomic E-state index is -0.253. The van der Waals surface area contributed by atoms with E-state index in [0.29, 0.717) is 50.3 Å². The number of nitrogens with zero attached hydrogens (tertiary/aromatic N) is 4. The van der Waals surface area contributed by atoms with Crippen molar-refractivity contribution in [3.05, 3.63) is 62.8 Å². The zero-order valence-corrected chi connectivity index (χ0v) is 19.6. The van der Waals surface area contributed by atoms with E-state index in [1.54, 1.807) is 9.47 Å². The molecular formula is C25H31N5O3. The molecule has 1 aromatic heterocycles. The summed E-state index contributed by atoms with van der Waals surface area (Å²) in [7, 11) is 0. The van der Waals surface area contributed by atoms with E-state index >= 15 is 0 Å². The van der Waals surface area contributed by atoms with Crippen LogP contribution in [0.1, 0.15) is 59.7 Å². The lowest BCUT2D eigenvalue weighted by Crippen LogP contribution is -2.44. The van der Waals surface area contributed by atoms with Crippen molar-refractivity contribution in [2.45, 2.75) is 64.6 Å². The maximum atomic E-state index is 13.4. The van der Waals surface area contributed by atoms with Crippen molar-refractivity contribution in [1.82, 2.24) is 24.7 Å². The molecule has 1 aromatic carbocycles. The second-order valence-corrected chi connectivity index (χ2v) is 9.97. The van der Waals surface area contributed by atoms with Crippen LogP contribution in [0.5, 0.6) is 0 Å². The third kappa shape index (κ3) is 3.71. The van der Waals surface area contributed by atoms with E-state index in [4.69, 9.17) is 4.98 Å². The summed E-state index contributed by atoms with van der Waals surface area (Å²) >= 11 is 0. The van der Waals surface area contributed by atoms with Gasteiger partial charge in [-0.3, -0.25) is 14.2 Å². The van der Waals surface area contributed by atoms with Crippen LogP contribution >= 0.6 is 0 Å². The fraction of sp³-hybridized carbons (Fsp3) is 0.520. The van der Waals surface area contributed by atoms with Gasteiger partial charge in [-0.2, -0.15) is 0 Å². The Balaban J connectivity index is 1.40. The van der Waals surface area contributed by atoms with Crippen molar-refractivity contribution >= 4 is 11.9 Å². The molecule has 0 aliphatic carbocycles. The molecule has 174 valence electrons. The molecule has 3 amide bonds. The average molecular weight is 450 g/mol. The number of aromatic nitrogens is 2. The number of amides is 3. The largest absolute Gasteiger partial charge is 0.336 e. The third-order valence-electron chi connectivity index (χ3n) is 7.24. The Bertz CT molecular complexity index is 1170. The Morgan fingerprint density at radius 1 is 1.06 bits per heavy atom. The standard InChI is InChI=1S/C25H31N5O3/c1-16(2)26-24(33)29-12-9-25(15-29)10-13-30-22(32)19-14-28(11-8-20(19)27-23(25)30)21(31)18-6-4-17(3)5-7-18/h4-7,16H,8-15H2,1-3H3,(H,26,33). The predicted octanol–water partition coefficient (Wildman–Crippen LogP) is 2.22. The predicted molar refractivity (Wildman–Crippen MR) is 124 cm³/mol. The molecule has 1 fully saturated rings. The van der Waals surface area contributed by atoms with Crippen molar-refractivity contribution in [2.75, 3.05) is 19.6 Å². The number of rotatable bonds is 2. The number of likely N-dealkylation sites (tertiary alicyclic amines) is 1. The molecule has 8 heteroatoms. The van der Waals surface area contributed by atoms with E-state index in [9.17, 15) is 14.4 Å². The highest BCUT2D eigenvalue weighted by atomic mass is 16.2. The molecule has 1 spiro atoms. The van der Waals surface area contributed by atoms with Gasteiger partial charge in [-0.25, -0.2) is 9.78 Å². The van der Waals surface area contributed by atoms with E-state index in [0.717, 1.165) is 29.9 Å². The second-order valence-electron chi connectivity index (χ2n) is 9.97. The molecule has 1 N–H and O–H groups in total. The average Bonchev–Trinajstić information content (AvgIpc) is 3.38. The summed E-state index contributed by atoms with van der Waals surface area (Å²) < 4.78 is 1.79. The Morgan fingerprint density at radius 2 is 1.79 bits per heavy atom. The maximum absolute atomic E-state index is 13.4. The fourth-order valence-corrected chi connectivity index (χ4v) is 5.39. The fourth-order valence-electron chi connectivity index (χ4n) is 5.39. The maximum Gasteiger partial charge on any atom is 0.317 e. The van der Waals surface area contributed by atoms with Crippen molar-refractivity contribution in [2.24, 2.45) is 0 Å². The highest BCUT2D eigenvalue weighted by Crippen LogP contribution is 2.41.